The normalized spacial score (nSPS) is 12.6. The van der Waals surface area contributed by atoms with Crippen LogP contribution in [0.3, 0.4) is 0 Å². The number of nitrogens with one attached hydrogen (secondary N) is 2. The highest BCUT2D eigenvalue weighted by Crippen LogP contribution is 2.15. The van der Waals surface area contributed by atoms with E-state index in [9.17, 15) is 13.2 Å². The monoisotopic (exact) mass is 358 g/mol. The number of carbonyl (C=O) groups is 1. The zero-order valence-corrected chi connectivity index (χ0v) is 15.2. The van der Waals surface area contributed by atoms with Gasteiger partial charge in [-0.2, -0.15) is 0 Å². The largest absolute Gasteiger partial charge is 0.484 e. The molecule has 1 rings (SSSR count). The van der Waals surface area contributed by atoms with Crippen molar-refractivity contribution in [3.05, 3.63) is 24.3 Å². The number of sulfonamides is 1. The topological polar surface area (TPSA) is 93.7 Å². The first-order valence-corrected chi connectivity index (χ1v) is 9.38. The van der Waals surface area contributed by atoms with Crippen molar-refractivity contribution in [2.24, 2.45) is 0 Å². The van der Waals surface area contributed by atoms with E-state index in [1.54, 1.807) is 0 Å². The van der Waals surface area contributed by atoms with E-state index < -0.39 is 10.0 Å². The predicted octanol–water partition coefficient (Wildman–Crippen LogP) is 1.29. The molecule has 1 atom stereocenters. The molecule has 1 amide bonds. The molecule has 24 heavy (non-hydrogen) atoms. The van der Waals surface area contributed by atoms with Gasteiger partial charge < -0.3 is 14.8 Å². The Labute approximate surface area is 143 Å². The average Bonchev–Trinajstić information content (AvgIpc) is 2.53. The van der Waals surface area contributed by atoms with Crippen molar-refractivity contribution in [1.82, 2.24) is 10.0 Å². The molecule has 0 unspecified atom stereocenters. The van der Waals surface area contributed by atoms with Crippen LogP contribution >= 0.6 is 0 Å². The Morgan fingerprint density at radius 3 is 2.50 bits per heavy atom. The summed E-state index contributed by atoms with van der Waals surface area (Å²) in [5.41, 5.74) is 0. The van der Waals surface area contributed by atoms with Crippen molar-refractivity contribution in [2.75, 3.05) is 26.9 Å². The van der Waals surface area contributed by atoms with Crippen LogP contribution < -0.4 is 14.8 Å². The summed E-state index contributed by atoms with van der Waals surface area (Å²) in [6.07, 6.45) is 1.91. The van der Waals surface area contributed by atoms with Gasteiger partial charge in [-0.05, 0) is 37.6 Å². The fourth-order valence-electron chi connectivity index (χ4n) is 2.05. The average molecular weight is 358 g/mol. The third-order valence-electron chi connectivity index (χ3n) is 3.23. The highest BCUT2D eigenvalue weighted by atomic mass is 32.2. The molecule has 136 valence electrons. The number of ether oxygens (including phenoxy) is 2. The van der Waals surface area contributed by atoms with Gasteiger partial charge in [0.05, 0.1) is 11.5 Å². The standard InChI is InChI=1S/C16H26N2O5S/c1-4-5-13(2)18-16(19)12-23-14-6-8-15(9-7-14)24(20,21)17-10-11-22-3/h6-9,13,17H,4-5,10-12H2,1-3H3,(H,18,19)/t13-/m1/s1. The molecule has 0 radical (unpaired) electrons. The molecule has 0 aliphatic heterocycles. The fourth-order valence-corrected chi connectivity index (χ4v) is 3.06. The van der Waals surface area contributed by atoms with Gasteiger partial charge in [0, 0.05) is 19.7 Å². The molecule has 0 spiro atoms. The number of rotatable bonds is 11. The van der Waals surface area contributed by atoms with E-state index in [2.05, 4.69) is 17.0 Å². The lowest BCUT2D eigenvalue weighted by Crippen LogP contribution is -2.35. The zero-order valence-electron chi connectivity index (χ0n) is 14.4. The Morgan fingerprint density at radius 1 is 1.25 bits per heavy atom. The van der Waals surface area contributed by atoms with Crippen LogP contribution in [0.5, 0.6) is 5.75 Å². The Hall–Kier alpha value is -1.64. The van der Waals surface area contributed by atoms with E-state index in [1.165, 1.54) is 31.4 Å². The Morgan fingerprint density at radius 2 is 1.92 bits per heavy atom. The smallest absolute Gasteiger partial charge is 0.258 e. The molecule has 2 N–H and O–H groups in total. The van der Waals surface area contributed by atoms with Crippen LogP contribution in [0.1, 0.15) is 26.7 Å². The third-order valence-corrected chi connectivity index (χ3v) is 4.71. The van der Waals surface area contributed by atoms with Gasteiger partial charge in [0.2, 0.25) is 10.0 Å². The van der Waals surface area contributed by atoms with Gasteiger partial charge in [-0.15, -0.1) is 0 Å². The number of methoxy groups -OCH3 is 1. The molecule has 0 bridgehead atoms. The van der Waals surface area contributed by atoms with Gasteiger partial charge in [0.25, 0.3) is 5.91 Å². The van der Waals surface area contributed by atoms with E-state index in [0.29, 0.717) is 12.4 Å². The molecule has 0 aliphatic carbocycles. The molecular formula is C16H26N2O5S. The third kappa shape index (κ3) is 7.29. The highest BCUT2D eigenvalue weighted by molar-refractivity contribution is 7.89. The summed E-state index contributed by atoms with van der Waals surface area (Å²) in [4.78, 5) is 11.9. The van der Waals surface area contributed by atoms with Crippen molar-refractivity contribution in [3.8, 4) is 5.75 Å². The lowest BCUT2D eigenvalue weighted by atomic mass is 10.2. The second-order valence-electron chi connectivity index (χ2n) is 5.41. The van der Waals surface area contributed by atoms with Gasteiger partial charge in [-0.25, -0.2) is 13.1 Å². The van der Waals surface area contributed by atoms with Crippen LogP contribution in [0.2, 0.25) is 0 Å². The molecule has 0 aromatic heterocycles. The maximum atomic E-state index is 12.0. The summed E-state index contributed by atoms with van der Waals surface area (Å²) < 4.78 is 36.6. The number of benzene rings is 1. The van der Waals surface area contributed by atoms with Gasteiger partial charge in [0.1, 0.15) is 5.75 Å². The molecule has 7 nitrogen and oxygen atoms in total. The number of hydrogen-bond acceptors (Lipinski definition) is 5. The molecule has 0 fully saturated rings. The first-order valence-electron chi connectivity index (χ1n) is 7.90. The Bertz CT molecular complexity index is 601. The summed E-state index contributed by atoms with van der Waals surface area (Å²) in [5, 5.41) is 2.83. The Kier molecular flexibility index (Phi) is 8.73. The maximum Gasteiger partial charge on any atom is 0.258 e. The van der Waals surface area contributed by atoms with Crippen molar-refractivity contribution >= 4 is 15.9 Å². The fraction of sp³-hybridized carbons (Fsp3) is 0.562. The van der Waals surface area contributed by atoms with Gasteiger partial charge in [-0.1, -0.05) is 13.3 Å². The van der Waals surface area contributed by atoms with Gasteiger partial charge >= 0.3 is 0 Å². The maximum absolute atomic E-state index is 12.0. The van der Waals surface area contributed by atoms with E-state index in [0.717, 1.165) is 12.8 Å². The highest BCUT2D eigenvalue weighted by Gasteiger charge is 2.13. The van der Waals surface area contributed by atoms with Crippen molar-refractivity contribution < 1.29 is 22.7 Å². The van der Waals surface area contributed by atoms with Crippen LogP contribution in [0.15, 0.2) is 29.2 Å². The van der Waals surface area contributed by atoms with E-state index in [-0.39, 0.29) is 30.0 Å². The predicted molar refractivity (Wildman–Crippen MR) is 91.5 cm³/mol. The minimum atomic E-state index is -3.57. The summed E-state index contributed by atoms with van der Waals surface area (Å²) in [5.74, 6) is 0.234. The van der Waals surface area contributed by atoms with E-state index >= 15 is 0 Å². The molecule has 1 aromatic rings. The van der Waals surface area contributed by atoms with Crippen LogP contribution in [-0.2, 0) is 19.6 Å². The molecule has 8 heteroatoms. The van der Waals surface area contributed by atoms with E-state index in [4.69, 9.17) is 9.47 Å². The summed E-state index contributed by atoms with van der Waals surface area (Å²) >= 11 is 0. The summed E-state index contributed by atoms with van der Waals surface area (Å²) in [7, 11) is -2.07. The molecule has 0 aliphatic rings. The summed E-state index contributed by atoms with van der Waals surface area (Å²) in [6.45, 7) is 4.39. The Balaban J connectivity index is 2.51. The first-order chi connectivity index (χ1) is 11.4. The second-order valence-corrected chi connectivity index (χ2v) is 7.17. The van der Waals surface area contributed by atoms with Crippen LogP contribution in [0.4, 0.5) is 0 Å². The number of carbonyl (C=O) groups excluding carboxylic acids is 1. The quantitative estimate of drug-likeness (QED) is 0.582. The van der Waals surface area contributed by atoms with Gasteiger partial charge in [-0.3, -0.25) is 4.79 Å². The van der Waals surface area contributed by atoms with Crippen LogP contribution in [0, 0.1) is 0 Å². The molecule has 0 saturated carbocycles. The summed E-state index contributed by atoms with van der Waals surface area (Å²) in [6, 6.07) is 6.02. The minimum Gasteiger partial charge on any atom is -0.484 e. The molecule has 0 saturated heterocycles. The van der Waals surface area contributed by atoms with E-state index in [1.807, 2.05) is 6.92 Å². The van der Waals surface area contributed by atoms with Crippen LogP contribution in [0.25, 0.3) is 0 Å². The minimum absolute atomic E-state index is 0.105. The zero-order chi connectivity index (χ0) is 18.0. The SMILES string of the molecule is CCC[C@@H](C)NC(=O)COc1ccc(S(=O)(=O)NCCOC)cc1. The van der Waals surface area contributed by atoms with Gasteiger partial charge in [0.15, 0.2) is 6.61 Å². The molecule has 1 aromatic carbocycles. The number of hydrogen-bond donors (Lipinski definition) is 2. The van der Waals surface area contributed by atoms with Crippen molar-refractivity contribution in [2.45, 2.75) is 37.6 Å². The number of amides is 1. The lowest BCUT2D eigenvalue weighted by molar-refractivity contribution is -0.123. The first kappa shape index (κ1) is 20.4. The van der Waals surface area contributed by atoms with Crippen molar-refractivity contribution in [3.63, 3.8) is 0 Å². The van der Waals surface area contributed by atoms with Crippen molar-refractivity contribution in [1.29, 1.82) is 0 Å². The second kappa shape index (κ2) is 10.3. The molecular weight excluding hydrogens is 332 g/mol. The lowest BCUT2D eigenvalue weighted by Gasteiger charge is -2.13. The van der Waals surface area contributed by atoms with Crippen LogP contribution in [-0.4, -0.2) is 47.2 Å². The molecule has 0 heterocycles.